The Bertz CT molecular complexity index is 1420. The number of Topliss-reactive ketones (excluding diaryl/α,β-unsaturated/α-hetero) is 3. The van der Waals surface area contributed by atoms with Crippen LogP contribution >= 0.6 is 0 Å². The van der Waals surface area contributed by atoms with E-state index in [1.54, 1.807) is 13.0 Å². The largest absolute Gasteiger partial charge is 0.464 e. The van der Waals surface area contributed by atoms with Crippen molar-refractivity contribution in [2.24, 2.45) is 23.7 Å². The van der Waals surface area contributed by atoms with Gasteiger partial charge in [-0.25, -0.2) is 4.79 Å². The molecule has 11 nitrogen and oxygen atoms in total. The lowest BCUT2D eigenvalue weighted by molar-refractivity contribution is -0.240. The molecule has 0 aromatic heterocycles. The summed E-state index contributed by atoms with van der Waals surface area (Å²) < 4.78 is 10.8. The number of hydrogen-bond donors (Lipinski definition) is 3. The summed E-state index contributed by atoms with van der Waals surface area (Å²) in [5, 5.41) is 30.9. The number of piperidine rings is 1. The number of aliphatic hydroxyl groups excluding tert-OH is 2. The maximum Gasteiger partial charge on any atom is 0.328 e. The second-order valence-corrected chi connectivity index (χ2v) is 16.7. The van der Waals surface area contributed by atoms with Crippen LogP contribution in [-0.2, 0) is 33.4 Å². The SMILES string of the molecule is CC/C(C)=C/C=C/C=C/C(C)CC(C)C(=O)CC(O)/C(=C/CC(C)=O)CC.CCCC(O)CCC(C)COC(=O)C1CCCCN1C(=O)C(=O)C1(O)OCCCC1C. The van der Waals surface area contributed by atoms with Gasteiger partial charge in [-0.3, -0.25) is 19.2 Å². The minimum Gasteiger partial charge on any atom is -0.464 e. The van der Waals surface area contributed by atoms with E-state index in [4.69, 9.17) is 9.47 Å². The number of ether oxygens (including phenoxy) is 2. The molecule has 2 fully saturated rings. The van der Waals surface area contributed by atoms with Gasteiger partial charge in [0.15, 0.2) is 0 Å². The molecule has 3 N–H and O–H groups in total. The minimum absolute atomic E-state index is 0.0582. The molecule has 8 unspecified atom stereocenters. The van der Waals surface area contributed by atoms with Gasteiger partial charge in [-0.05, 0) is 102 Å². The van der Waals surface area contributed by atoms with Crippen LogP contribution in [0.5, 0.6) is 0 Å². The molecule has 2 saturated heterocycles. The minimum atomic E-state index is -2.13. The third-order valence-electron chi connectivity index (χ3n) is 11.2. The fourth-order valence-electron chi connectivity index (χ4n) is 7.04. The van der Waals surface area contributed by atoms with Gasteiger partial charge in [0, 0.05) is 31.2 Å². The highest BCUT2D eigenvalue weighted by molar-refractivity contribution is 6.39. The third kappa shape index (κ3) is 19.2. The first-order valence-corrected chi connectivity index (χ1v) is 21.9. The Labute approximate surface area is 349 Å². The lowest BCUT2D eigenvalue weighted by Gasteiger charge is -2.39. The number of carbonyl (C=O) groups excluding carboxylic acids is 5. The van der Waals surface area contributed by atoms with Gasteiger partial charge in [0.1, 0.15) is 17.6 Å². The fraction of sp³-hybridized carbons (Fsp3) is 0.723. The molecule has 0 bridgehead atoms. The Kier molecular flexibility index (Phi) is 25.7. The Balaban J connectivity index is 0.000000587. The molecule has 1 amide bonds. The summed E-state index contributed by atoms with van der Waals surface area (Å²) in [4.78, 5) is 63.3. The average Bonchev–Trinajstić information content (AvgIpc) is 3.19. The molecule has 2 heterocycles. The van der Waals surface area contributed by atoms with Gasteiger partial charge < -0.3 is 29.7 Å². The van der Waals surface area contributed by atoms with Crippen molar-refractivity contribution in [3.05, 3.63) is 47.6 Å². The number of amides is 1. The van der Waals surface area contributed by atoms with Crippen LogP contribution in [0.15, 0.2) is 47.6 Å². The van der Waals surface area contributed by atoms with Crippen molar-refractivity contribution in [1.29, 1.82) is 0 Å². The molecular weight excluding hydrogens is 739 g/mol. The summed E-state index contributed by atoms with van der Waals surface area (Å²) in [6.45, 7) is 18.1. The summed E-state index contributed by atoms with van der Waals surface area (Å²) in [6.07, 6.45) is 20.1. The number of hydrogen-bond acceptors (Lipinski definition) is 10. The normalized spacial score (nSPS) is 23.1. The van der Waals surface area contributed by atoms with E-state index in [0.717, 1.165) is 50.5 Å². The third-order valence-corrected chi connectivity index (χ3v) is 11.2. The highest BCUT2D eigenvalue weighted by Gasteiger charge is 2.50. The number of ketones is 3. The first kappa shape index (κ1) is 52.8. The van der Waals surface area contributed by atoms with E-state index < -0.39 is 41.5 Å². The van der Waals surface area contributed by atoms with Gasteiger partial charge in [-0.15, -0.1) is 0 Å². The topological polar surface area (TPSA) is 168 Å². The van der Waals surface area contributed by atoms with Gasteiger partial charge in [-0.2, -0.15) is 0 Å². The first-order valence-electron chi connectivity index (χ1n) is 21.9. The highest BCUT2D eigenvalue weighted by atomic mass is 16.6. The van der Waals surface area contributed by atoms with Crippen molar-refractivity contribution >= 4 is 29.2 Å². The Morgan fingerprint density at radius 1 is 0.914 bits per heavy atom. The summed E-state index contributed by atoms with van der Waals surface area (Å²) in [5.74, 6) is -4.62. The van der Waals surface area contributed by atoms with Gasteiger partial charge in [0.2, 0.25) is 5.79 Å². The number of rotatable bonds is 23. The number of allylic oxidation sites excluding steroid dienone is 7. The number of aliphatic hydroxyl groups is 3. The zero-order valence-electron chi connectivity index (χ0n) is 37.2. The molecule has 0 radical (unpaired) electrons. The van der Waals surface area contributed by atoms with Crippen molar-refractivity contribution < 1.29 is 48.8 Å². The number of carbonyl (C=O) groups is 5. The van der Waals surface area contributed by atoms with Gasteiger partial charge in [-0.1, -0.05) is 96.9 Å². The molecule has 0 spiro atoms. The smallest absolute Gasteiger partial charge is 0.328 e. The summed E-state index contributed by atoms with van der Waals surface area (Å²) in [7, 11) is 0. The lowest BCUT2D eigenvalue weighted by atomic mass is 9.88. The van der Waals surface area contributed by atoms with E-state index >= 15 is 0 Å². The van der Waals surface area contributed by atoms with Crippen molar-refractivity contribution in [3.63, 3.8) is 0 Å². The number of esters is 1. The molecule has 11 heteroatoms. The van der Waals surface area contributed by atoms with Gasteiger partial charge in [0.25, 0.3) is 11.7 Å². The zero-order valence-corrected chi connectivity index (χ0v) is 37.2. The predicted octanol–water partition coefficient (Wildman–Crippen LogP) is 7.95. The van der Waals surface area contributed by atoms with Crippen LogP contribution in [0, 0.1) is 23.7 Å². The predicted molar refractivity (Wildman–Crippen MR) is 229 cm³/mol. The van der Waals surface area contributed by atoms with Gasteiger partial charge >= 0.3 is 5.97 Å². The van der Waals surface area contributed by atoms with E-state index in [2.05, 4.69) is 32.9 Å². The van der Waals surface area contributed by atoms with Crippen LogP contribution in [0.2, 0.25) is 0 Å². The highest BCUT2D eigenvalue weighted by Crippen LogP contribution is 2.31. The van der Waals surface area contributed by atoms with Crippen LogP contribution < -0.4 is 0 Å². The lowest BCUT2D eigenvalue weighted by Crippen LogP contribution is -2.59. The molecule has 0 saturated carbocycles. The fourth-order valence-corrected chi connectivity index (χ4v) is 7.04. The van der Waals surface area contributed by atoms with E-state index in [1.807, 2.05) is 45.9 Å². The van der Waals surface area contributed by atoms with Gasteiger partial charge in [0.05, 0.1) is 25.4 Å². The van der Waals surface area contributed by atoms with E-state index in [0.29, 0.717) is 44.4 Å². The summed E-state index contributed by atoms with van der Waals surface area (Å²) in [5.41, 5.74) is 2.12. The van der Waals surface area contributed by atoms with Crippen molar-refractivity contribution in [2.75, 3.05) is 19.8 Å². The molecule has 2 rings (SSSR count). The number of likely N-dealkylation sites (tertiary alicyclic amines) is 1. The maximum atomic E-state index is 12.9. The second kappa shape index (κ2) is 28.3. The molecule has 0 aromatic carbocycles. The summed E-state index contributed by atoms with van der Waals surface area (Å²) >= 11 is 0. The van der Waals surface area contributed by atoms with Crippen LogP contribution in [-0.4, -0.2) is 93.2 Å². The molecule has 8 atom stereocenters. The molecular formula is C47H77NO10. The van der Waals surface area contributed by atoms with Crippen molar-refractivity contribution in [2.45, 2.75) is 176 Å². The molecule has 58 heavy (non-hydrogen) atoms. The Hall–Kier alpha value is -3.25. The average molecular weight is 816 g/mol. The van der Waals surface area contributed by atoms with E-state index in [9.17, 15) is 39.3 Å². The zero-order chi connectivity index (χ0) is 43.8. The Morgan fingerprint density at radius 2 is 1.62 bits per heavy atom. The van der Waals surface area contributed by atoms with Crippen LogP contribution in [0.1, 0.15) is 152 Å². The molecule has 0 aliphatic carbocycles. The quantitative estimate of drug-likeness (QED) is 0.0399. The van der Waals surface area contributed by atoms with E-state index in [-0.39, 0.29) is 55.7 Å². The van der Waals surface area contributed by atoms with Crippen LogP contribution in [0.25, 0.3) is 0 Å². The first-order chi connectivity index (χ1) is 27.4. The van der Waals surface area contributed by atoms with E-state index in [1.165, 1.54) is 17.4 Å². The van der Waals surface area contributed by atoms with Crippen molar-refractivity contribution in [3.8, 4) is 0 Å². The molecule has 2 aliphatic heterocycles. The second-order valence-electron chi connectivity index (χ2n) is 16.7. The standard InChI is InChI=1S/C24H38O3.C23H39NO7/c1-7-18(3)12-10-9-11-13-19(4)16-20(5)23(26)17-24(27)22(8-2)15-14-21(6)25;1-4-8-18(25)12-11-16(2)15-30-22(28)19-10-5-6-13-24(19)21(27)20(26)23(29)17(3)9-7-14-31-23/h9-13,15,19-20,24,27H,7-8,14,16-17H2,1-6H3;16-19,25,29H,4-15H2,1-3H3/b10-9+,13-11+,18-12+,22-15+;. The van der Waals surface area contributed by atoms with Crippen LogP contribution in [0.4, 0.5) is 0 Å². The Morgan fingerprint density at radius 3 is 2.24 bits per heavy atom. The monoisotopic (exact) mass is 816 g/mol. The maximum absolute atomic E-state index is 12.9. The molecule has 0 aromatic rings. The summed E-state index contributed by atoms with van der Waals surface area (Å²) in [6, 6.07) is -0.828. The van der Waals surface area contributed by atoms with Crippen molar-refractivity contribution in [1.82, 2.24) is 4.90 Å². The number of nitrogens with zero attached hydrogens (tertiary/aromatic N) is 1. The molecule has 2 aliphatic rings. The molecule has 330 valence electrons. The van der Waals surface area contributed by atoms with Crippen LogP contribution in [0.3, 0.4) is 0 Å².